The molecule has 6 heteroatoms. The number of carboxylic acid groups (broad SMARTS) is 1. The van der Waals surface area contributed by atoms with Crippen LogP contribution in [-0.2, 0) is 9.53 Å². The first kappa shape index (κ1) is 26.9. The molecule has 0 bridgehead atoms. The lowest BCUT2D eigenvalue weighted by Crippen LogP contribution is -2.39. The predicted molar refractivity (Wildman–Crippen MR) is 143 cm³/mol. The number of carboxylic acids is 1. The Morgan fingerprint density at radius 2 is 1.80 bits per heavy atom. The number of aliphatic carboxylic acids is 1. The van der Waals surface area contributed by atoms with E-state index >= 15 is 0 Å². The molecule has 0 spiro atoms. The van der Waals surface area contributed by atoms with Crippen LogP contribution in [0.3, 0.4) is 0 Å². The molecule has 1 aliphatic heterocycles. The van der Waals surface area contributed by atoms with Crippen molar-refractivity contribution in [3.8, 4) is 11.3 Å². The quantitative estimate of drug-likeness (QED) is 0.477. The van der Waals surface area contributed by atoms with Gasteiger partial charge in [0.25, 0.3) is 0 Å². The molecule has 0 unspecified atom stereocenters. The van der Waals surface area contributed by atoms with Gasteiger partial charge in [-0.1, -0.05) is 45.9 Å². The second-order valence-corrected chi connectivity index (χ2v) is 11.7. The summed E-state index contributed by atoms with van der Waals surface area (Å²) in [5, 5.41) is 10.2. The Kier molecular flexibility index (Phi) is 8.05. The minimum Gasteiger partial charge on any atom is -0.479 e. The van der Waals surface area contributed by atoms with Crippen molar-refractivity contribution < 1.29 is 14.6 Å². The van der Waals surface area contributed by atoms with Crippen LogP contribution in [0.1, 0.15) is 84.2 Å². The molecule has 1 N–H and O–H groups in total. The molecule has 0 amide bonds. The zero-order chi connectivity index (χ0) is 26.0. The van der Waals surface area contributed by atoms with Gasteiger partial charge < -0.3 is 14.7 Å². The van der Waals surface area contributed by atoms with E-state index in [4.69, 9.17) is 9.72 Å². The molecule has 0 aliphatic carbocycles. The topological polar surface area (TPSA) is 75.5 Å². The van der Waals surface area contributed by atoms with Crippen molar-refractivity contribution in [2.75, 3.05) is 18.0 Å². The van der Waals surface area contributed by atoms with Crippen molar-refractivity contribution in [1.82, 2.24) is 9.97 Å². The van der Waals surface area contributed by atoms with Crippen molar-refractivity contribution >= 4 is 17.7 Å². The average Bonchev–Trinajstić information content (AvgIpc) is 2.76. The number of piperidine rings is 1. The van der Waals surface area contributed by atoms with Crippen LogP contribution in [0.25, 0.3) is 17.3 Å². The molecule has 6 nitrogen and oxygen atoms in total. The molecule has 3 rings (SSSR count). The van der Waals surface area contributed by atoms with Gasteiger partial charge in [-0.05, 0) is 63.5 Å². The van der Waals surface area contributed by atoms with E-state index in [-0.39, 0.29) is 5.41 Å². The van der Waals surface area contributed by atoms with E-state index in [1.54, 1.807) is 0 Å². The Bertz CT molecular complexity index is 1060. The van der Waals surface area contributed by atoms with Gasteiger partial charge in [-0.2, -0.15) is 0 Å². The molecule has 1 atom stereocenters. The van der Waals surface area contributed by atoms with Crippen LogP contribution >= 0.6 is 0 Å². The Labute approximate surface area is 210 Å². The molecular weight excluding hydrogens is 438 g/mol. The maximum atomic E-state index is 12.5. The molecular formula is C29H41N3O3. The normalized spacial score (nSPS) is 17.2. The number of pyridine rings is 2. The minimum atomic E-state index is -1.12. The van der Waals surface area contributed by atoms with Gasteiger partial charge in [0.2, 0.25) is 0 Å². The number of hydrogen-bond acceptors (Lipinski definition) is 5. The third kappa shape index (κ3) is 6.91. The Balaban J connectivity index is 2.17. The number of aromatic nitrogens is 2. The molecule has 0 aromatic carbocycles. The van der Waals surface area contributed by atoms with Gasteiger partial charge in [0, 0.05) is 42.3 Å². The molecule has 1 fully saturated rings. The molecule has 1 aliphatic rings. The first-order chi connectivity index (χ1) is 16.3. The highest BCUT2D eigenvalue weighted by Gasteiger charge is 2.35. The van der Waals surface area contributed by atoms with Gasteiger partial charge in [0.05, 0.1) is 17.0 Å². The van der Waals surface area contributed by atoms with E-state index in [9.17, 15) is 9.90 Å². The van der Waals surface area contributed by atoms with Gasteiger partial charge in [-0.3, -0.25) is 9.97 Å². The number of aryl methyl sites for hydroxylation is 1. The minimum absolute atomic E-state index is 0.260. The van der Waals surface area contributed by atoms with Gasteiger partial charge in [0.1, 0.15) is 0 Å². The molecule has 0 saturated carbocycles. The maximum absolute atomic E-state index is 12.5. The van der Waals surface area contributed by atoms with Gasteiger partial charge >= 0.3 is 5.97 Å². The number of hydrogen-bond donors (Lipinski definition) is 1. The fourth-order valence-corrected chi connectivity index (χ4v) is 4.34. The van der Waals surface area contributed by atoms with Crippen LogP contribution in [0.4, 0.5) is 5.69 Å². The highest BCUT2D eigenvalue weighted by atomic mass is 16.5. The van der Waals surface area contributed by atoms with E-state index in [0.29, 0.717) is 17.2 Å². The van der Waals surface area contributed by atoms with E-state index in [1.165, 1.54) is 0 Å². The van der Waals surface area contributed by atoms with Crippen LogP contribution in [0, 0.1) is 18.3 Å². The van der Waals surface area contributed by atoms with E-state index in [1.807, 2.05) is 52.2 Å². The summed E-state index contributed by atoms with van der Waals surface area (Å²) in [6, 6.07) is 4.04. The van der Waals surface area contributed by atoms with Crippen molar-refractivity contribution in [3.05, 3.63) is 47.4 Å². The first-order valence-corrected chi connectivity index (χ1v) is 12.6. The smallest absolute Gasteiger partial charge is 0.337 e. The summed E-state index contributed by atoms with van der Waals surface area (Å²) >= 11 is 0. The van der Waals surface area contributed by atoms with E-state index < -0.39 is 17.7 Å². The highest BCUT2D eigenvalue weighted by molar-refractivity contribution is 5.85. The van der Waals surface area contributed by atoms with Crippen LogP contribution in [-0.4, -0.2) is 39.7 Å². The summed E-state index contributed by atoms with van der Waals surface area (Å²) in [6.07, 6.45) is 8.83. The second kappa shape index (κ2) is 10.5. The summed E-state index contributed by atoms with van der Waals surface area (Å²) in [7, 11) is 0. The summed E-state index contributed by atoms with van der Waals surface area (Å²) in [6.45, 7) is 18.0. The van der Waals surface area contributed by atoms with Crippen molar-refractivity contribution in [2.45, 2.75) is 79.9 Å². The summed E-state index contributed by atoms with van der Waals surface area (Å²) < 4.78 is 6.11. The number of carbonyl (C=O) groups is 1. The Morgan fingerprint density at radius 1 is 1.14 bits per heavy atom. The number of ether oxygens (including phenoxy) is 1. The first-order valence-electron chi connectivity index (χ1n) is 12.6. The molecule has 2 aromatic rings. The maximum Gasteiger partial charge on any atom is 0.337 e. The zero-order valence-electron chi connectivity index (χ0n) is 22.6. The monoisotopic (exact) mass is 479 g/mol. The summed E-state index contributed by atoms with van der Waals surface area (Å²) in [5.41, 5.74) is 4.45. The van der Waals surface area contributed by atoms with Gasteiger partial charge in [0.15, 0.2) is 6.10 Å². The summed E-state index contributed by atoms with van der Waals surface area (Å²) in [5.74, 6) is -0.549. The van der Waals surface area contributed by atoms with Crippen LogP contribution in [0.5, 0.6) is 0 Å². The largest absolute Gasteiger partial charge is 0.479 e. The molecule has 1 saturated heterocycles. The number of rotatable bonds is 7. The average molecular weight is 480 g/mol. The molecule has 2 aromatic heterocycles. The lowest BCUT2D eigenvalue weighted by atomic mass is 9.82. The zero-order valence-corrected chi connectivity index (χ0v) is 22.6. The third-order valence-electron chi connectivity index (χ3n) is 6.41. The van der Waals surface area contributed by atoms with Gasteiger partial charge in [-0.15, -0.1) is 0 Å². The molecule has 35 heavy (non-hydrogen) atoms. The van der Waals surface area contributed by atoms with Crippen LogP contribution < -0.4 is 4.90 Å². The highest BCUT2D eigenvalue weighted by Crippen LogP contribution is 2.43. The molecule has 3 heterocycles. The molecule has 190 valence electrons. The fourth-order valence-electron chi connectivity index (χ4n) is 4.34. The van der Waals surface area contributed by atoms with Crippen LogP contribution in [0.2, 0.25) is 0 Å². The summed E-state index contributed by atoms with van der Waals surface area (Å²) in [4.78, 5) is 24.2. The number of allylic oxidation sites excluding steroid dienone is 1. The van der Waals surface area contributed by atoms with Crippen molar-refractivity contribution in [3.63, 3.8) is 0 Å². The Morgan fingerprint density at radius 3 is 2.31 bits per heavy atom. The molecule has 0 radical (unpaired) electrons. The number of nitrogens with zero attached hydrogens (tertiary/aromatic N) is 3. The van der Waals surface area contributed by atoms with Crippen LogP contribution in [0.15, 0.2) is 30.6 Å². The number of anilines is 1. The van der Waals surface area contributed by atoms with E-state index in [0.717, 1.165) is 48.4 Å². The third-order valence-corrected chi connectivity index (χ3v) is 6.41. The lowest BCUT2D eigenvalue weighted by Gasteiger charge is -2.40. The van der Waals surface area contributed by atoms with Crippen molar-refractivity contribution in [1.29, 1.82) is 0 Å². The fraction of sp³-hybridized carbons (Fsp3) is 0.552. The standard InChI is InChI=1S/C29H41N3O3/c1-19(2)9-10-21-11-12-23(31-17-21)22-18-30-20(3)24(26(27(33)34)35-28(4,5)6)25(22)32-15-13-29(7,8)14-16-32/h9-12,17-19,26H,13-16H2,1-8H3,(H,33,34)/b10-9-/t26-/m0/s1. The van der Waals surface area contributed by atoms with E-state index in [2.05, 4.69) is 49.7 Å². The predicted octanol–water partition coefficient (Wildman–Crippen LogP) is 6.69. The van der Waals surface area contributed by atoms with Crippen molar-refractivity contribution in [2.24, 2.45) is 11.3 Å². The SMILES string of the molecule is Cc1ncc(-c2ccc(/C=C\C(C)C)cn2)c(N2CCC(C)(C)CC2)c1[C@H](OC(C)(C)C)C(=O)O. The lowest BCUT2D eigenvalue weighted by molar-refractivity contribution is -0.160. The Hall–Kier alpha value is -2.73. The van der Waals surface area contributed by atoms with Gasteiger partial charge in [-0.25, -0.2) is 4.79 Å². The second-order valence-electron chi connectivity index (χ2n) is 11.7.